The summed E-state index contributed by atoms with van der Waals surface area (Å²) in [5.41, 5.74) is 1.84. The number of aromatic nitrogens is 3. The van der Waals surface area contributed by atoms with E-state index >= 15 is 0 Å². The number of halogens is 2. The van der Waals surface area contributed by atoms with Crippen LogP contribution in [-0.2, 0) is 17.9 Å². The first-order valence-electron chi connectivity index (χ1n) is 15.3. The van der Waals surface area contributed by atoms with Crippen molar-refractivity contribution in [2.24, 2.45) is 5.92 Å². The third-order valence-electron chi connectivity index (χ3n) is 7.05. The van der Waals surface area contributed by atoms with E-state index in [0.29, 0.717) is 34.2 Å². The average Bonchev–Trinajstić information content (AvgIpc) is 3.60. The lowest BCUT2D eigenvalue weighted by Crippen LogP contribution is -2.29. The normalized spacial score (nSPS) is 12.6. The summed E-state index contributed by atoms with van der Waals surface area (Å²) in [4.78, 5) is 32.4. The van der Waals surface area contributed by atoms with Crippen LogP contribution >= 0.6 is 23.2 Å². The predicted octanol–water partition coefficient (Wildman–Crippen LogP) is 8.23. The third-order valence-corrected chi connectivity index (χ3v) is 7.64. The van der Waals surface area contributed by atoms with E-state index in [1.807, 2.05) is 42.9 Å². The Morgan fingerprint density at radius 2 is 1.60 bits per heavy atom. The summed E-state index contributed by atoms with van der Waals surface area (Å²) in [5, 5.41) is 19.1. The number of nitrogens with zero attached hydrogens (tertiary/aromatic N) is 3. The molecular weight excluding hydrogens is 611 g/mol. The molecule has 2 aromatic carbocycles. The maximum Gasteiger partial charge on any atom is 0.335 e. The summed E-state index contributed by atoms with van der Waals surface area (Å²) >= 11 is 12.1. The van der Waals surface area contributed by atoms with Gasteiger partial charge in [-0.05, 0) is 53.4 Å². The van der Waals surface area contributed by atoms with Crippen molar-refractivity contribution in [2.75, 3.05) is 17.2 Å². The highest BCUT2D eigenvalue weighted by molar-refractivity contribution is 6.35. The van der Waals surface area contributed by atoms with Gasteiger partial charge in [0.15, 0.2) is 0 Å². The molecule has 0 radical (unpaired) electrons. The van der Waals surface area contributed by atoms with E-state index in [0.717, 1.165) is 17.0 Å². The highest BCUT2D eigenvalue weighted by Crippen LogP contribution is 2.22. The van der Waals surface area contributed by atoms with Gasteiger partial charge in [-0.15, -0.1) is 0 Å². The molecule has 5 rings (SSSR count). The van der Waals surface area contributed by atoms with Gasteiger partial charge in [0.25, 0.3) is 0 Å². The first-order valence-corrected chi connectivity index (χ1v) is 16.1. The van der Waals surface area contributed by atoms with Crippen molar-refractivity contribution >= 4 is 46.8 Å². The van der Waals surface area contributed by atoms with Gasteiger partial charge >= 0.3 is 5.97 Å². The summed E-state index contributed by atoms with van der Waals surface area (Å²) < 4.78 is 1.82. The van der Waals surface area contributed by atoms with Gasteiger partial charge in [0.1, 0.15) is 11.6 Å². The number of carbonyl (C=O) groups excluding carboxylic acids is 1. The van der Waals surface area contributed by atoms with Gasteiger partial charge in [-0.25, -0.2) is 4.79 Å². The number of carboxylic acids is 1. The number of aromatic carboxylic acids is 1. The fraction of sp³-hybridized carbons (Fsp3) is 0.353. The Kier molecular flexibility index (Phi) is 14.7. The first-order chi connectivity index (χ1) is 21.8. The topological polar surface area (TPSA) is 121 Å². The minimum Gasteiger partial charge on any atom is -0.478 e. The van der Waals surface area contributed by atoms with Gasteiger partial charge in [-0.2, -0.15) is 9.97 Å². The fourth-order valence-corrected chi connectivity index (χ4v) is 5.04. The number of carbonyl (C=O) groups is 2. The fourth-order valence-electron chi connectivity index (χ4n) is 4.57. The highest BCUT2D eigenvalue weighted by atomic mass is 35.5. The standard InChI is InChI=1S/C25H22Cl2N6O3.C7H14.C2H6/c26-19-8-7-18(20(27)11-19)14-29-23(34)15-28-21-12-22(33-9-1-2-10-33)32-25(31-21)30-13-16-3-5-17(6-4-16)24(35)36;1-7-5-3-2-4-6-7;1-2/h1-12H,13-15H2,(H,29,34)(H,35,36)(H2,28,30,31,32);7H,2-6H2,1H3;1-2H3. The zero-order valence-electron chi connectivity index (χ0n) is 26.0. The molecule has 0 bridgehead atoms. The van der Waals surface area contributed by atoms with Crippen molar-refractivity contribution in [3.63, 3.8) is 0 Å². The summed E-state index contributed by atoms with van der Waals surface area (Å²) in [5.74, 6) is 1.23. The number of anilines is 2. The number of hydrogen-bond donors (Lipinski definition) is 4. The smallest absolute Gasteiger partial charge is 0.335 e. The largest absolute Gasteiger partial charge is 0.478 e. The van der Waals surface area contributed by atoms with Crippen molar-refractivity contribution in [1.82, 2.24) is 19.9 Å². The van der Waals surface area contributed by atoms with E-state index in [1.54, 1.807) is 48.5 Å². The average molecular weight is 654 g/mol. The van der Waals surface area contributed by atoms with Crippen LogP contribution in [0.3, 0.4) is 0 Å². The van der Waals surface area contributed by atoms with E-state index in [4.69, 9.17) is 28.3 Å². The van der Waals surface area contributed by atoms with Gasteiger partial charge in [0.05, 0.1) is 12.1 Å². The molecule has 240 valence electrons. The maximum atomic E-state index is 12.4. The van der Waals surface area contributed by atoms with Crippen LogP contribution in [0.1, 0.15) is 74.4 Å². The SMILES string of the molecule is CC.CC1CCCCC1.O=C(CNc1cc(-n2cccc2)nc(NCc2ccc(C(=O)O)cc2)n1)NCc1ccc(Cl)cc1Cl. The van der Waals surface area contributed by atoms with Gasteiger partial charge in [0, 0.05) is 41.6 Å². The zero-order valence-corrected chi connectivity index (χ0v) is 27.5. The maximum absolute atomic E-state index is 12.4. The molecule has 0 saturated heterocycles. The monoisotopic (exact) mass is 652 g/mol. The van der Waals surface area contributed by atoms with Crippen LogP contribution in [0, 0.1) is 5.92 Å². The molecular formula is C34H42Cl2N6O3. The molecule has 11 heteroatoms. The predicted molar refractivity (Wildman–Crippen MR) is 182 cm³/mol. The van der Waals surface area contributed by atoms with Crippen LogP contribution in [0.2, 0.25) is 10.0 Å². The Balaban J connectivity index is 0.000000534. The van der Waals surface area contributed by atoms with Crippen LogP contribution in [0.5, 0.6) is 0 Å². The Hall–Kier alpha value is -4.08. The second kappa shape index (κ2) is 18.7. The van der Waals surface area contributed by atoms with Crippen LogP contribution in [0.4, 0.5) is 11.8 Å². The Morgan fingerprint density at radius 1 is 0.911 bits per heavy atom. The lowest BCUT2D eigenvalue weighted by atomic mass is 9.91. The van der Waals surface area contributed by atoms with Gasteiger partial charge in [0.2, 0.25) is 11.9 Å². The molecule has 1 aliphatic rings. The number of carboxylic acid groups (broad SMARTS) is 1. The number of hydrogen-bond acceptors (Lipinski definition) is 6. The summed E-state index contributed by atoms with van der Waals surface area (Å²) in [6, 6.07) is 17.1. The Morgan fingerprint density at radius 3 is 2.20 bits per heavy atom. The molecule has 1 fully saturated rings. The van der Waals surface area contributed by atoms with Crippen LogP contribution in [0.25, 0.3) is 5.82 Å². The van der Waals surface area contributed by atoms with Crippen molar-refractivity contribution in [2.45, 2.75) is 66.0 Å². The van der Waals surface area contributed by atoms with Crippen LogP contribution in [0.15, 0.2) is 73.1 Å². The first kappa shape index (κ1) is 35.4. The number of rotatable bonds is 10. The van der Waals surface area contributed by atoms with Gasteiger partial charge in [-0.1, -0.05) is 94.3 Å². The minimum atomic E-state index is -0.978. The molecule has 2 heterocycles. The molecule has 45 heavy (non-hydrogen) atoms. The van der Waals surface area contributed by atoms with Crippen molar-refractivity contribution in [1.29, 1.82) is 0 Å². The molecule has 1 aliphatic carbocycles. The van der Waals surface area contributed by atoms with Crippen molar-refractivity contribution in [3.05, 3.63) is 99.8 Å². The van der Waals surface area contributed by atoms with E-state index < -0.39 is 5.97 Å². The molecule has 1 saturated carbocycles. The second-order valence-corrected chi connectivity index (χ2v) is 11.3. The second-order valence-electron chi connectivity index (χ2n) is 10.5. The van der Waals surface area contributed by atoms with Crippen molar-refractivity contribution < 1.29 is 14.7 Å². The lowest BCUT2D eigenvalue weighted by Gasteiger charge is -2.15. The minimum absolute atomic E-state index is 0.0105. The van der Waals surface area contributed by atoms with Crippen LogP contribution in [-0.4, -0.2) is 38.1 Å². The quantitative estimate of drug-likeness (QED) is 0.136. The number of nitrogens with one attached hydrogen (secondary N) is 3. The van der Waals surface area contributed by atoms with Gasteiger partial charge < -0.3 is 25.6 Å². The molecule has 4 aromatic rings. The van der Waals surface area contributed by atoms with E-state index in [1.165, 1.54) is 32.1 Å². The van der Waals surface area contributed by atoms with E-state index in [-0.39, 0.29) is 24.6 Å². The Bertz CT molecular complexity index is 1490. The molecule has 2 aromatic heterocycles. The number of benzene rings is 2. The molecule has 0 spiro atoms. The molecule has 0 aliphatic heterocycles. The molecule has 0 unspecified atom stereocenters. The van der Waals surface area contributed by atoms with Crippen LogP contribution < -0.4 is 16.0 Å². The van der Waals surface area contributed by atoms with E-state index in [9.17, 15) is 9.59 Å². The summed E-state index contributed by atoms with van der Waals surface area (Å²) in [6.45, 7) is 7.00. The third kappa shape index (κ3) is 12.1. The van der Waals surface area contributed by atoms with Crippen molar-refractivity contribution in [3.8, 4) is 5.82 Å². The molecule has 1 amide bonds. The Labute approximate surface area is 275 Å². The molecule has 4 N–H and O–H groups in total. The zero-order chi connectivity index (χ0) is 32.6. The van der Waals surface area contributed by atoms with E-state index in [2.05, 4.69) is 32.8 Å². The molecule has 9 nitrogen and oxygen atoms in total. The summed E-state index contributed by atoms with van der Waals surface area (Å²) in [6.07, 6.45) is 11.1. The highest BCUT2D eigenvalue weighted by Gasteiger charge is 2.10. The number of amides is 1. The summed E-state index contributed by atoms with van der Waals surface area (Å²) in [7, 11) is 0. The van der Waals surface area contributed by atoms with Gasteiger partial charge in [-0.3, -0.25) is 4.79 Å². The molecule has 0 atom stereocenters. The lowest BCUT2D eigenvalue weighted by molar-refractivity contribution is -0.119.